The molecule has 27 heavy (non-hydrogen) atoms. The number of nitrogens with zero attached hydrogens (tertiary/aromatic N) is 2. The molecule has 2 fully saturated rings. The summed E-state index contributed by atoms with van der Waals surface area (Å²) in [4.78, 5) is 34.5. The Labute approximate surface area is 158 Å². The number of aromatic amines is 1. The number of hydrogen-bond acceptors (Lipinski definition) is 4. The summed E-state index contributed by atoms with van der Waals surface area (Å²) in [5, 5.41) is 0. The van der Waals surface area contributed by atoms with Gasteiger partial charge in [0.1, 0.15) is 11.4 Å². The normalized spacial score (nSPS) is 19.2. The lowest BCUT2D eigenvalue weighted by Crippen LogP contribution is -2.39. The molecule has 1 saturated carbocycles. The van der Waals surface area contributed by atoms with Gasteiger partial charge in [0, 0.05) is 31.8 Å². The van der Waals surface area contributed by atoms with Crippen LogP contribution in [0.15, 0.2) is 35.3 Å². The van der Waals surface area contributed by atoms with Crippen molar-refractivity contribution in [2.24, 2.45) is 0 Å². The Hall–Kier alpha value is -2.47. The zero-order valence-electron chi connectivity index (χ0n) is 15.6. The Morgan fingerprint density at radius 2 is 2.11 bits per heavy atom. The molecule has 1 atom stereocenters. The zero-order valence-corrected chi connectivity index (χ0v) is 15.6. The number of ether oxygens (including phenoxy) is 1. The van der Waals surface area contributed by atoms with Crippen LogP contribution in [0.4, 0.5) is 0 Å². The van der Waals surface area contributed by atoms with E-state index in [0.717, 1.165) is 43.4 Å². The molecule has 0 bridgehead atoms. The number of H-pyrrole nitrogens is 1. The first-order valence-electron chi connectivity index (χ1n) is 9.66. The van der Waals surface area contributed by atoms with Crippen LogP contribution in [0.2, 0.25) is 0 Å². The molecular formula is C21H25N3O3. The lowest BCUT2D eigenvalue weighted by atomic mass is 10.1. The van der Waals surface area contributed by atoms with Gasteiger partial charge in [-0.2, -0.15) is 0 Å². The van der Waals surface area contributed by atoms with Gasteiger partial charge in [0.25, 0.3) is 11.5 Å². The maximum absolute atomic E-state index is 13.2. The standard InChI is InChI=1S/C21H25N3O3/c1-14-5-2-3-6-16(14)12-24(13-17-7-4-10-27-17)21(26)18-11-22-19(15-8-9-15)23-20(18)25/h2-3,5-6,11,15,17H,4,7-10,12-13H2,1H3,(H,22,23,25). The summed E-state index contributed by atoms with van der Waals surface area (Å²) in [7, 11) is 0. The number of nitrogens with one attached hydrogen (secondary N) is 1. The van der Waals surface area contributed by atoms with Crippen LogP contribution < -0.4 is 5.56 Å². The monoisotopic (exact) mass is 367 g/mol. The minimum Gasteiger partial charge on any atom is -0.376 e. The van der Waals surface area contributed by atoms with Crippen molar-refractivity contribution in [2.75, 3.05) is 13.2 Å². The Morgan fingerprint density at radius 1 is 1.30 bits per heavy atom. The van der Waals surface area contributed by atoms with E-state index in [-0.39, 0.29) is 23.1 Å². The summed E-state index contributed by atoms with van der Waals surface area (Å²) in [6.45, 7) is 3.70. The number of carbonyl (C=O) groups excluding carboxylic acids is 1. The number of carbonyl (C=O) groups is 1. The van der Waals surface area contributed by atoms with Crippen molar-refractivity contribution in [3.05, 3.63) is 63.3 Å². The summed E-state index contributed by atoms with van der Waals surface area (Å²) >= 11 is 0. The molecule has 1 aliphatic heterocycles. The first kappa shape index (κ1) is 17.9. The average molecular weight is 367 g/mol. The second-order valence-electron chi connectivity index (χ2n) is 7.53. The Balaban J connectivity index is 1.59. The van der Waals surface area contributed by atoms with Crippen LogP contribution in [0.3, 0.4) is 0 Å². The molecule has 6 nitrogen and oxygen atoms in total. The van der Waals surface area contributed by atoms with Gasteiger partial charge >= 0.3 is 0 Å². The van der Waals surface area contributed by atoms with Gasteiger partial charge in [0.2, 0.25) is 0 Å². The van der Waals surface area contributed by atoms with E-state index in [0.29, 0.717) is 24.8 Å². The molecule has 2 aliphatic rings. The van der Waals surface area contributed by atoms with E-state index in [1.54, 1.807) is 4.90 Å². The second-order valence-corrected chi connectivity index (χ2v) is 7.53. The highest BCUT2D eigenvalue weighted by molar-refractivity contribution is 5.93. The van der Waals surface area contributed by atoms with Gasteiger partial charge in [0.05, 0.1) is 6.10 Å². The van der Waals surface area contributed by atoms with Crippen LogP contribution in [0.1, 0.15) is 58.9 Å². The average Bonchev–Trinajstić information content (AvgIpc) is 3.39. The predicted molar refractivity (Wildman–Crippen MR) is 102 cm³/mol. The fourth-order valence-electron chi connectivity index (χ4n) is 3.54. The van der Waals surface area contributed by atoms with Crippen molar-refractivity contribution >= 4 is 5.91 Å². The molecule has 1 aliphatic carbocycles. The van der Waals surface area contributed by atoms with Gasteiger partial charge in [-0.15, -0.1) is 0 Å². The molecule has 1 unspecified atom stereocenters. The molecule has 2 heterocycles. The first-order chi connectivity index (χ1) is 13.1. The third-order valence-corrected chi connectivity index (χ3v) is 5.37. The number of rotatable bonds is 6. The third-order valence-electron chi connectivity index (χ3n) is 5.37. The molecular weight excluding hydrogens is 342 g/mol. The van der Waals surface area contributed by atoms with Gasteiger partial charge in [0.15, 0.2) is 0 Å². The minimum atomic E-state index is -0.348. The number of aromatic nitrogens is 2. The van der Waals surface area contributed by atoms with Gasteiger partial charge < -0.3 is 14.6 Å². The Bertz CT molecular complexity index is 882. The van der Waals surface area contributed by atoms with Crippen LogP contribution in [-0.2, 0) is 11.3 Å². The van der Waals surface area contributed by atoms with Crippen LogP contribution in [0, 0.1) is 6.92 Å². The largest absolute Gasteiger partial charge is 0.376 e. The molecule has 1 amide bonds. The molecule has 6 heteroatoms. The molecule has 0 spiro atoms. The summed E-state index contributed by atoms with van der Waals surface area (Å²) < 4.78 is 5.73. The topological polar surface area (TPSA) is 75.3 Å². The molecule has 1 saturated heterocycles. The van der Waals surface area contributed by atoms with Gasteiger partial charge in [-0.3, -0.25) is 9.59 Å². The lowest BCUT2D eigenvalue weighted by Gasteiger charge is -2.26. The van der Waals surface area contributed by atoms with Gasteiger partial charge in [-0.05, 0) is 43.7 Å². The highest BCUT2D eigenvalue weighted by atomic mass is 16.5. The molecule has 0 radical (unpaired) electrons. The van der Waals surface area contributed by atoms with Gasteiger partial charge in [-0.25, -0.2) is 4.98 Å². The third kappa shape index (κ3) is 4.11. The maximum atomic E-state index is 13.2. The molecule has 1 N–H and O–H groups in total. The molecule has 1 aromatic heterocycles. The van der Waals surface area contributed by atoms with E-state index < -0.39 is 0 Å². The highest BCUT2D eigenvalue weighted by Gasteiger charge is 2.29. The van der Waals surface area contributed by atoms with Crippen molar-refractivity contribution in [2.45, 2.75) is 51.2 Å². The van der Waals surface area contributed by atoms with Crippen LogP contribution in [0.5, 0.6) is 0 Å². The van der Waals surface area contributed by atoms with Crippen molar-refractivity contribution in [3.8, 4) is 0 Å². The van der Waals surface area contributed by atoms with Crippen molar-refractivity contribution in [1.82, 2.24) is 14.9 Å². The summed E-state index contributed by atoms with van der Waals surface area (Å²) in [5.74, 6) is 0.753. The summed E-state index contributed by atoms with van der Waals surface area (Å²) in [6.07, 6.45) is 5.51. The highest BCUT2D eigenvalue weighted by Crippen LogP contribution is 2.37. The maximum Gasteiger partial charge on any atom is 0.263 e. The van der Waals surface area contributed by atoms with Crippen LogP contribution in [0.25, 0.3) is 0 Å². The molecule has 4 rings (SSSR count). The smallest absolute Gasteiger partial charge is 0.263 e. The first-order valence-corrected chi connectivity index (χ1v) is 9.66. The van der Waals surface area contributed by atoms with Crippen molar-refractivity contribution < 1.29 is 9.53 Å². The second kappa shape index (κ2) is 7.64. The quantitative estimate of drug-likeness (QED) is 0.852. The summed E-state index contributed by atoms with van der Waals surface area (Å²) in [5.41, 5.74) is 1.95. The van der Waals surface area contributed by atoms with E-state index in [1.807, 2.05) is 31.2 Å². The van der Waals surface area contributed by atoms with E-state index in [1.165, 1.54) is 6.20 Å². The van der Waals surface area contributed by atoms with Gasteiger partial charge in [-0.1, -0.05) is 24.3 Å². The molecule has 1 aromatic carbocycles. The molecule has 2 aromatic rings. The number of amides is 1. The number of hydrogen-bond donors (Lipinski definition) is 1. The fourth-order valence-corrected chi connectivity index (χ4v) is 3.54. The van der Waals surface area contributed by atoms with Crippen molar-refractivity contribution in [3.63, 3.8) is 0 Å². The van der Waals surface area contributed by atoms with E-state index in [2.05, 4.69) is 9.97 Å². The minimum absolute atomic E-state index is 0.0238. The predicted octanol–water partition coefficient (Wildman–Crippen LogP) is 2.78. The summed E-state index contributed by atoms with van der Waals surface area (Å²) in [6, 6.07) is 8.00. The van der Waals surface area contributed by atoms with E-state index >= 15 is 0 Å². The lowest BCUT2D eigenvalue weighted by molar-refractivity contribution is 0.0505. The van der Waals surface area contributed by atoms with E-state index in [4.69, 9.17) is 4.74 Å². The van der Waals surface area contributed by atoms with E-state index in [9.17, 15) is 9.59 Å². The van der Waals surface area contributed by atoms with Crippen LogP contribution >= 0.6 is 0 Å². The SMILES string of the molecule is Cc1ccccc1CN(CC1CCCO1)C(=O)c1cnc(C2CC2)[nH]c1=O. The fraction of sp³-hybridized carbons (Fsp3) is 0.476. The van der Waals surface area contributed by atoms with Crippen molar-refractivity contribution in [1.29, 1.82) is 0 Å². The number of aryl methyl sites for hydroxylation is 1. The number of benzene rings is 1. The Morgan fingerprint density at radius 3 is 2.78 bits per heavy atom. The Kier molecular flexibility index (Phi) is 5.07. The zero-order chi connectivity index (χ0) is 18.8. The van der Waals surface area contributed by atoms with Crippen LogP contribution in [-0.4, -0.2) is 40.0 Å². The molecule has 142 valence electrons.